The summed E-state index contributed by atoms with van der Waals surface area (Å²) in [7, 11) is 1.63. The van der Waals surface area contributed by atoms with E-state index in [4.69, 9.17) is 9.15 Å². The number of aromatic nitrogens is 3. The minimum absolute atomic E-state index is 0.469. The number of nitrogens with zero attached hydrogens (tertiary/aromatic N) is 3. The number of rotatable bonds is 7. The van der Waals surface area contributed by atoms with Crippen molar-refractivity contribution in [1.29, 1.82) is 0 Å². The smallest absolute Gasteiger partial charge is 0.217 e. The molecule has 1 aliphatic rings. The minimum Gasteiger partial charge on any atom is -0.481 e. The summed E-state index contributed by atoms with van der Waals surface area (Å²) in [5.41, 5.74) is 2.44. The molecule has 1 aliphatic carbocycles. The van der Waals surface area contributed by atoms with E-state index in [2.05, 4.69) is 47.3 Å². The zero-order chi connectivity index (χ0) is 19.4. The highest BCUT2D eigenvalue weighted by molar-refractivity contribution is 5.42. The maximum Gasteiger partial charge on any atom is 0.217 e. The van der Waals surface area contributed by atoms with Crippen LogP contribution in [0.15, 0.2) is 34.4 Å². The molecule has 2 aromatic heterocycles. The monoisotopic (exact) mass is 370 g/mol. The highest BCUT2D eigenvalue weighted by Gasteiger charge is 2.32. The van der Waals surface area contributed by atoms with E-state index in [0.29, 0.717) is 35.4 Å². The van der Waals surface area contributed by atoms with Crippen LogP contribution in [0.5, 0.6) is 5.88 Å². The maximum atomic E-state index is 5.60. The predicted molar refractivity (Wildman–Crippen MR) is 106 cm³/mol. The van der Waals surface area contributed by atoms with Gasteiger partial charge in [0.25, 0.3) is 0 Å². The third-order valence-electron chi connectivity index (χ3n) is 5.56. The summed E-state index contributed by atoms with van der Waals surface area (Å²) in [5.74, 6) is 4.20. The molecule has 6 heteroatoms. The van der Waals surface area contributed by atoms with Gasteiger partial charge >= 0.3 is 0 Å². The molecule has 0 saturated carbocycles. The largest absolute Gasteiger partial charge is 0.481 e. The zero-order valence-electron chi connectivity index (χ0n) is 16.9. The van der Waals surface area contributed by atoms with Gasteiger partial charge in [-0.3, -0.25) is 0 Å². The number of nitrogens with one attached hydrogen (secondary N) is 1. The molecule has 0 amide bonds. The minimum atomic E-state index is 0.469. The fourth-order valence-electron chi connectivity index (χ4n) is 3.98. The molecule has 0 aromatic carbocycles. The molecule has 6 nitrogen and oxygen atoms in total. The first kappa shape index (κ1) is 19.4. The third kappa shape index (κ3) is 4.87. The highest BCUT2D eigenvalue weighted by atomic mass is 16.5. The topological polar surface area (TPSA) is 73.1 Å². The summed E-state index contributed by atoms with van der Waals surface area (Å²) in [5, 5.41) is 11.7. The number of ether oxygens (including phenoxy) is 1. The van der Waals surface area contributed by atoms with Crippen LogP contribution in [-0.2, 0) is 6.42 Å². The second-order valence-electron chi connectivity index (χ2n) is 7.80. The number of pyridine rings is 1. The number of methoxy groups -OCH3 is 1. The van der Waals surface area contributed by atoms with Crippen LogP contribution in [0.1, 0.15) is 39.0 Å². The first-order valence-electron chi connectivity index (χ1n) is 9.67. The fraction of sp³-hybridized carbons (Fsp3) is 0.571. The molecular formula is C21H30N4O2. The first-order valence-corrected chi connectivity index (χ1v) is 9.67. The van der Waals surface area contributed by atoms with E-state index in [9.17, 15) is 0 Å². The van der Waals surface area contributed by atoms with Crippen LogP contribution in [0.25, 0.3) is 0 Å². The molecule has 0 fully saturated rings. The SMILES string of the molecule is COc1ccc(NCC2C=C(C)C(Cc3nnc(C)o3)CC2C(C)C)cn1. The van der Waals surface area contributed by atoms with Gasteiger partial charge < -0.3 is 14.5 Å². The Bertz CT molecular complexity index is 767. The summed E-state index contributed by atoms with van der Waals surface area (Å²) in [6.07, 6.45) is 6.24. The Hall–Kier alpha value is -2.37. The van der Waals surface area contributed by atoms with E-state index in [1.807, 2.05) is 25.3 Å². The van der Waals surface area contributed by atoms with E-state index >= 15 is 0 Å². The van der Waals surface area contributed by atoms with Crippen molar-refractivity contribution in [2.75, 3.05) is 19.0 Å². The average Bonchev–Trinajstić information content (AvgIpc) is 3.06. The maximum absolute atomic E-state index is 5.60. The molecule has 3 rings (SSSR count). The van der Waals surface area contributed by atoms with Crippen molar-refractivity contribution in [3.63, 3.8) is 0 Å². The second-order valence-corrected chi connectivity index (χ2v) is 7.80. The number of anilines is 1. The van der Waals surface area contributed by atoms with Gasteiger partial charge in [-0.05, 0) is 43.1 Å². The van der Waals surface area contributed by atoms with Gasteiger partial charge in [0, 0.05) is 26.0 Å². The van der Waals surface area contributed by atoms with Crippen molar-refractivity contribution in [3.05, 3.63) is 41.8 Å². The highest BCUT2D eigenvalue weighted by Crippen LogP contribution is 2.39. The molecule has 3 unspecified atom stereocenters. The van der Waals surface area contributed by atoms with Crippen LogP contribution in [0.2, 0.25) is 0 Å². The molecule has 0 radical (unpaired) electrons. The molecule has 146 valence electrons. The quantitative estimate of drug-likeness (QED) is 0.733. The van der Waals surface area contributed by atoms with E-state index in [0.717, 1.165) is 31.0 Å². The summed E-state index contributed by atoms with van der Waals surface area (Å²) in [4.78, 5) is 4.27. The molecule has 0 spiro atoms. The Labute approximate surface area is 161 Å². The van der Waals surface area contributed by atoms with Crippen molar-refractivity contribution in [3.8, 4) is 5.88 Å². The summed E-state index contributed by atoms with van der Waals surface area (Å²) in [6.45, 7) is 9.60. The van der Waals surface area contributed by atoms with Crippen LogP contribution >= 0.6 is 0 Å². The zero-order valence-corrected chi connectivity index (χ0v) is 16.9. The Morgan fingerprint density at radius 1 is 1.26 bits per heavy atom. The van der Waals surface area contributed by atoms with Gasteiger partial charge in [-0.15, -0.1) is 10.2 Å². The van der Waals surface area contributed by atoms with E-state index in [1.165, 1.54) is 5.57 Å². The predicted octanol–water partition coefficient (Wildman–Crippen LogP) is 4.29. The van der Waals surface area contributed by atoms with Crippen LogP contribution < -0.4 is 10.1 Å². The lowest BCUT2D eigenvalue weighted by Gasteiger charge is -2.37. The van der Waals surface area contributed by atoms with Crippen molar-refractivity contribution >= 4 is 5.69 Å². The van der Waals surface area contributed by atoms with Crippen molar-refractivity contribution in [1.82, 2.24) is 15.2 Å². The lowest BCUT2D eigenvalue weighted by atomic mass is 9.70. The van der Waals surface area contributed by atoms with Crippen LogP contribution in [0, 0.1) is 30.6 Å². The Morgan fingerprint density at radius 3 is 2.67 bits per heavy atom. The lowest BCUT2D eigenvalue weighted by molar-refractivity contribution is 0.229. The lowest BCUT2D eigenvalue weighted by Crippen LogP contribution is -2.32. The summed E-state index contributed by atoms with van der Waals surface area (Å²) in [6, 6.07) is 3.89. The van der Waals surface area contributed by atoms with Crippen LogP contribution in [0.3, 0.4) is 0 Å². The van der Waals surface area contributed by atoms with E-state index in [-0.39, 0.29) is 0 Å². The molecule has 0 saturated heterocycles. The fourth-order valence-corrected chi connectivity index (χ4v) is 3.98. The Kier molecular flexibility index (Phi) is 6.14. The molecule has 0 bridgehead atoms. The summed E-state index contributed by atoms with van der Waals surface area (Å²) >= 11 is 0. The van der Waals surface area contributed by atoms with E-state index < -0.39 is 0 Å². The van der Waals surface area contributed by atoms with Crippen molar-refractivity contribution in [2.24, 2.45) is 23.7 Å². The molecular weight excluding hydrogens is 340 g/mol. The normalized spacial score (nSPS) is 22.6. The van der Waals surface area contributed by atoms with Crippen molar-refractivity contribution in [2.45, 2.75) is 40.5 Å². The molecule has 0 aliphatic heterocycles. The molecule has 2 aromatic rings. The number of aryl methyl sites for hydroxylation is 1. The molecule has 3 atom stereocenters. The van der Waals surface area contributed by atoms with Crippen molar-refractivity contribution < 1.29 is 9.15 Å². The average molecular weight is 370 g/mol. The number of hydrogen-bond acceptors (Lipinski definition) is 6. The van der Waals surface area contributed by atoms with E-state index in [1.54, 1.807) is 7.11 Å². The Balaban J connectivity index is 1.67. The number of hydrogen-bond donors (Lipinski definition) is 1. The van der Waals surface area contributed by atoms with Gasteiger partial charge in [0.1, 0.15) is 0 Å². The van der Waals surface area contributed by atoms with Gasteiger partial charge in [-0.25, -0.2) is 4.98 Å². The standard InChI is InChI=1S/C21H30N4O2/c1-13(2)19-9-16(10-21-25-24-15(4)27-21)14(3)8-17(19)11-22-18-6-7-20(26-5)23-12-18/h6-8,12-13,16-17,19,22H,9-11H2,1-5H3. The second kappa shape index (κ2) is 8.55. The first-order chi connectivity index (χ1) is 13.0. The molecule has 1 N–H and O–H groups in total. The van der Waals surface area contributed by atoms with Crippen LogP contribution in [-0.4, -0.2) is 28.8 Å². The van der Waals surface area contributed by atoms with Gasteiger partial charge in [-0.2, -0.15) is 0 Å². The summed E-state index contributed by atoms with van der Waals surface area (Å²) < 4.78 is 10.7. The molecule has 2 heterocycles. The number of allylic oxidation sites excluding steroid dienone is 1. The van der Waals surface area contributed by atoms with Gasteiger partial charge in [0.15, 0.2) is 0 Å². The van der Waals surface area contributed by atoms with Crippen LogP contribution in [0.4, 0.5) is 5.69 Å². The third-order valence-corrected chi connectivity index (χ3v) is 5.56. The molecule has 27 heavy (non-hydrogen) atoms. The van der Waals surface area contributed by atoms with Gasteiger partial charge in [-0.1, -0.05) is 25.5 Å². The van der Waals surface area contributed by atoms with Gasteiger partial charge in [0.05, 0.1) is 19.0 Å². The Morgan fingerprint density at radius 2 is 2.07 bits per heavy atom. The van der Waals surface area contributed by atoms with Gasteiger partial charge in [0.2, 0.25) is 17.7 Å².